The average Bonchev–Trinajstić information content (AvgIpc) is 2.46. The Balaban J connectivity index is 1.73. The number of aliphatic hydroxyl groups excluding tert-OH is 1. The van der Waals surface area contributed by atoms with Crippen molar-refractivity contribution in [2.75, 3.05) is 19.8 Å². The van der Waals surface area contributed by atoms with Crippen LogP contribution in [0, 0.1) is 5.92 Å². The number of carbonyl (C=O) groups excluding carboxylic acids is 1. The molecule has 1 saturated carbocycles. The van der Waals surface area contributed by atoms with E-state index in [2.05, 4.69) is 10.6 Å². The highest BCUT2D eigenvalue weighted by Gasteiger charge is 2.38. The van der Waals surface area contributed by atoms with Crippen LogP contribution in [-0.2, 0) is 4.74 Å². The van der Waals surface area contributed by atoms with E-state index in [1.165, 1.54) is 19.3 Å². The number of hydrogen-bond acceptors (Lipinski definition) is 3. The number of amides is 2. The van der Waals surface area contributed by atoms with E-state index in [0.29, 0.717) is 12.5 Å². The molecule has 1 saturated heterocycles. The second-order valence-corrected chi connectivity index (χ2v) is 6.75. The molecular weight excluding hydrogens is 268 g/mol. The fourth-order valence-electron chi connectivity index (χ4n) is 3.52. The second-order valence-electron chi connectivity index (χ2n) is 6.75. The van der Waals surface area contributed by atoms with Gasteiger partial charge in [-0.3, -0.25) is 0 Å². The third kappa shape index (κ3) is 5.15. The molecule has 5 heteroatoms. The number of aliphatic hydroxyl groups is 1. The number of urea groups is 1. The summed E-state index contributed by atoms with van der Waals surface area (Å²) < 4.78 is 6.05. The van der Waals surface area contributed by atoms with Gasteiger partial charge in [0.05, 0.1) is 5.60 Å². The minimum absolute atomic E-state index is 0.0264. The molecule has 0 aromatic carbocycles. The van der Waals surface area contributed by atoms with Crippen molar-refractivity contribution in [2.24, 2.45) is 5.92 Å². The molecule has 2 unspecified atom stereocenters. The van der Waals surface area contributed by atoms with Crippen LogP contribution in [0.1, 0.15) is 58.3 Å². The van der Waals surface area contributed by atoms with Crippen LogP contribution in [0.3, 0.4) is 0 Å². The van der Waals surface area contributed by atoms with E-state index in [9.17, 15) is 4.79 Å². The molecule has 1 aliphatic carbocycles. The highest BCUT2D eigenvalue weighted by atomic mass is 16.5. The monoisotopic (exact) mass is 298 g/mol. The maximum atomic E-state index is 12.0. The van der Waals surface area contributed by atoms with Gasteiger partial charge in [0, 0.05) is 25.8 Å². The molecule has 2 atom stereocenters. The van der Waals surface area contributed by atoms with Crippen molar-refractivity contribution in [1.29, 1.82) is 0 Å². The van der Waals surface area contributed by atoms with Crippen LogP contribution in [-0.4, -0.2) is 42.5 Å². The Hall–Kier alpha value is -0.810. The van der Waals surface area contributed by atoms with Gasteiger partial charge in [0.25, 0.3) is 0 Å². The highest BCUT2D eigenvalue weighted by Crippen LogP contribution is 2.38. The van der Waals surface area contributed by atoms with Crippen molar-refractivity contribution in [3.05, 3.63) is 0 Å². The zero-order valence-corrected chi connectivity index (χ0v) is 13.2. The van der Waals surface area contributed by atoms with E-state index in [0.717, 1.165) is 38.7 Å². The lowest BCUT2D eigenvalue weighted by Crippen LogP contribution is -2.51. The van der Waals surface area contributed by atoms with Gasteiger partial charge >= 0.3 is 6.03 Å². The summed E-state index contributed by atoms with van der Waals surface area (Å²) in [5, 5.41) is 14.9. The third-order valence-electron chi connectivity index (χ3n) is 4.83. The summed E-state index contributed by atoms with van der Waals surface area (Å²) in [5.74, 6) is 0.306. The van der Waals surface area contributed by atoms with Gasteiger partial charge in [-0.1, -0.05) is 26.2 Å². The summed E-state index contributed by atoms with van der Waals surface area (Å²) in [6.45, 7) is 3.57. The molecule has 1 heterocycles. The van der Waals surface area contributed by atoms with Crippen LogP contribution in [0.2, 0.25) is 0 Å². The predicted molar refractivity (Wildman–Crippen MR) is 82.2 cm³/mol. The van der Waals surface area contributed by atoms with Gasteiger partial charge in [0.1, 0.15) is 0 Å². The first-order valence-corrected chi connectivity index (χ1v) is 8.43. The van der Waals surface area contributed by atoms with Crippen LogP contribution < -0.4 is 10.6 Å². The highest BCUT2D eigenvalue weighted by molar-refractivity contribution is 5.74. The van der Waals surface area contributed by atoms with Crippen molar-refractivity contribution in [1.82, 2.24) is 10.6 Å². The molecule has 1 spiro atoms. The molecule has 0 aromatic heterocycles. The number of hydrogen-bond donors (Lipinski definition) is 3. The normalized spacial score (nSPS) is 26.3. The third-order valence-corrected chi connectivity index (χ3v) is 4.83. The first-order valence-electron chi connectivity index (χ1n) is 8.43. The van der Waals surface area contributed by atoms with Gasteiger partial charge in [0.2, 0.25) is 0 Å². The molecule has 3 N–H and O–H groups in total. The van der Waals surface area contributed by atoms with Gasteiger partial charge in [-0.25, -0.2) is 4.79 Å². The molecule has 5 nitrogen and oxygen atoms in total. The second kappa shape index (κ2) is 7.99. The van der Waals surface area contributed by atoms with E-state index in [-0.39, 0.29) is 24.3 Å². The summed E-state index contributed by atoms with van der Waals surface area (Å²) in [5.41, 5.74) is 0.0264. The SMILES string of the molecule is CC(CCO)CNC(=O)NC1CCOC2(CCCCC2)C1. The number of rotatable bonds is 5. The molecule has 0 radical (unpaired) electrons. The maximum absolute atomic E-state index is 12.0. The fourth-order valence-corrected chi connectivity index (χ4v) is 3.52. The van der Waals surface area contributed by atoms with Crippen LogP contribution in [0.4, 0.5) is 4.79 Å². The Morgan fingerprint density at radius 3 is 2.86 bits per heavy atom. The van der Waals surface area contributed by atoms with Crippen molar-refractivity contribution < 1.29 is 14.6 Å². The predicted octanol–water partition coefficient (Wildman–Crippen LogP) is 2.19. The van der Waals surface area contributed by atoms with Gasteiger partial charge < -0.3 is 20.5 Å². The van der Waals surface area contributed by atoms with E-state index in [1.54, 1.807) is 0 Å². The first-order chi connectivity index (χ1) is 10.1. The Labute approximate surface area is 127 Å². The lowest BCUT2D eigenvalue weighted by atomic mass is 9.78. The lowest BCUT2D eigenvalue weighted by molar-refractivity contribution is -0.107. The van der Waals surface area contributed by atoms with E-state index < -0.39 is 0 Å². The first kappa shape index (κ1) is 16.6. The Kier molecular flexibility index (Phi) is 6.30. The smallest absolute Gasteiger partial charge is 0.315 e. The Bertz CT molecular complexity index is 324. The summed E-state index contributed by atoms with van der Waals surface area (Å²) >= 11 is 0. The van der Waals surface area contributed by atoms with Crippen LogP contribution >= 0.6 is 0 Å². The van der Waals surface area contributed by atoms with Gasteiger partial charge in [-0.05, 0) is 38.0 Å². The van der Waals surface area contributed by atoms with E-state index >= 15 is 0 Å². The maximum Gasteiger partial charge on any atom is 0.315 e. The van der Waals surface area contributed by atoms with Gasteiger partial charge in [-0.15, -0.1) is 0 Å². The topological polar surface area (TPSA) is 70.6 Å². The van der Waals surface area contributed by atoms with Crippen LogP contribution in [0.15, 0.2) is 0 Å². The summed E-state index contributed by atoms with van der Waals surface area (Å²) in [4.78, 5) is 12.0. The number of ether oxygens (including phenoxy) is 1. The van der Waals surface area contributed by atoms with Crippen LogP contribution in [0.25, 0.3) is 0 Å². The van der Waals surface area contributed by atoms with Gasteiger partial charge in [-0.2, -0.15) is 0 Å². The molecule has 2 fully saturated rings. The molecule has 2 amide bonds. The molecule has 1 aliphatic heterocycles. The van der Waals surface area contributed by atoms with Gasteiger partial charge in [0.15, 0.2) is 0 Å². The summed E-state index contributed by atoms with van der Waals surface area (Å²) in [7, 11) is 0. The minimum atomic E-state index is -0.0855. The number of carbonyl (C=O) groups is 1. The Morgan fingerprint density at radius 1 is 1.38 bits per heavy atom. The molecule has 21 heavy (non-hydrogen) atoms. The fraction of sp³-hybridized carbons (Fsp3) is 0.938. The minimum Gasteiger partial charge on any atom is -0.396 e. The van der Waals surface area contributed by atoms with Crippen molar-refractivity contribution in [3.8, 4) is 0 Å². The van der Waals surface area contributed by atoms with Crippen molar-refractivity contribution in [3.63, 3.8) is 0 Å². The summed E-state index contributed by atoms with van der Waals surface area (Å²) in [6.07, 6.45) is 8.66. The zero-order valence-electron chi connectivity index (χ0n) is 13.2. The average molecular weight is 298 g/mol. The molecule has 0 bridgehead atoms. The quantitative estimate of drug-likeness (QED) is 0.728. The van der Waals surface area contributed by atoms with E-state index in [1.807, 2.05) is 6.92 Å². The molecule has 2 rings (SSSR count). The van der Waals surface area contributed by atoms with Crippen molar-refractivity contribution >= 4 is 6.03 Å². The molecular formula is C16H30N2O3. The van der Waals surface area contributed by atoms with Crippen molar-refractivity contribution in [2.45, 2.75) is 69.9 Å². The largest absolute Gasteiger partial charge is 0.396 e. The zero-order chi connectivity index (χ0) is 15.1. The van der Waals surface area contributed by atoms with Crippen LogP contribution in [0.5, 0.6) is 0 Å². The summed E-state index contributed by atoms with van der Waals surface area (Å²) in [6, 6.07) is 0.141. The standard InChI is InChI=1S/C16H30N2O3/c1-13(5-9-19)12-17-15(20)18-14-6-10-21-16(11-14)7-3-2-4-8-16/h13-14,19H,2-12H2,1H3,(H2,17,18,20). The molecule has 0 aromatic rings. The lowest BCUT2D eigenvalue weighted by Gasteiger charge is -2.43. The van der Waals surface area contributed by atoms with E-state index in [4.69, 9.17) is 9.84 Å². The number of nitrogens with one attached hydrogen (secondary N) is 2. The molecule has 2 aliphatic rings. The Morgan fingerprint density at radius 2 is 2.14 bits per heavy atom. The molecule has 122 valence electrons.